The number of aromatic amines is 1. The Balaban J connectivity index is 0.000000963. The number of benzene rings is 2. The van der Waals surface area contributed by atoms with E-state index >= 15 is 0 Å². The zero-order chi connectivity index (χ0) is 10.4. The quantitative estimate of drug-likeness (QED) is 0.570. The fraction of sp³-hybridized carbons (Fsp3) is 0. The van der Waals surface area contributed by atoms with Gasteiger partial charge in [0.15, 0.2) is 0 Å². The number of H-pyrrole nitrogens is 1. The van der Waals surface area contributed by atoms with Crippen molar-refractivity contribution in [1.29, 1.82) is 0 Å². The molecule has 1 aromatic heterocycles. The van der Waals surface area contributed by atoms with Gasteiger partial charge < -0.3 is 4.98 Å². The maximum Gasteiger partial charge on any atom is 0.0833 e. The fourth-order valence-corrected chi connectivity index (χ4v) is 2.23. The Morgan fingerprint density at radius 1 is 0.875 bits per heavy atom. The Morgan fingerprint density at radius 2 is 1.62 bits per heavy atom. The molecule has 1 nitrogen and oxygen atoms in total. The third-order valence-electron chi connectivity index (χ3n) is 2.57. The molecule has 16 heavy (non-hydrogen) atoms. The number of hydrogen-bond donors (Lipinski definition) is 1. The van der Waals surface area contributed by atoms with Gasteiger partial charge in [-0.05, 0) is 12.1 Å². The second kappa shape index (κ2) is 4.25. The first-order valence-corrected chi connectivity index (χ1v) is 5.37. The zero-order valence-electron chi connectivity index (χ0n) is 8.43. The van der Waals surface area contributed by atoms with Crippen LogP contribution in [0.2, 0.25) is 10.0 Å². The molecule has 1 unspecified atom stereocenters. The Hall–Kier alpha value is -0.750. The molecule has 0 aliphatic rings. The van der Waals surface area contributed by atoms with Gasteiger partial charge in [0.25, 0.3) is 0 Å². The first kappa shape index (κ1) is 11.7. The average molecular weight is 270 g/mol. The van der Waals surface area contributed by atoms with E-state index in [1.165, 1.54) is 5.39 Å². The molecule has 0 amide bonds. The van der Waals surface area contributed by atoms with Crippen LogP contribution in [0.1, 0.15) is 0 Å². The van der Waals surface area contributed by atoms with Crippen LogP contribution in [0.25, 0.3) is 21.8 Å². The van der Waals surface area contributed by atoms with Gasteiger partial charge in [-0.25, -0.2) is 0 Å². The SMILES string of the molecule is Clc1ccc2c([nH]c3ccccc32)c1Cl.P. The van der Waals surface area contributed by atoms with E-state index in [2.05, 4.69) is 11.1 Å². The standard InChI is InChI=1S/C12H7Cl2N.H3P/c13-9-6-5-8-7-3-1-2-4-10(7)15-12(8)11(9)14;/h1-6,15H;1H3. The molecule has 0 bridgehead atoms. The number of aromatic nitrogens is 1. The van der Waals surface area contributed by atoms with E-state index in [-0.39, 0.29) is 9.90 Å². The van der Waals surface area contributed by atoms with Crippen molar-refractivity contribution in [3.8, 4) is 0 Å². The lowest BCUT2D eigenvalue weighted by Gasteiger charge is -1.96. The topological polar surface area (TPSA) is 15.8 Å². The average Bonchev–Trinajstić information content (AvgIpc) is 2.63. The van der Waals surface area contributed by atoms with Crippen LogP contribution in [0, 0.1) is 0 Å². The van der Waals surface area contributed by atoms with Gasteiger partial charge in [0.1, 0.15) is 0 Å². The fourth-order valence-electron chi connectivity index (χ4n) is 1.86. The maximum absolute atomic E-state index is 6.13. The number of rotatable bonds is 0. The molecular weight excluding hydrogens is 260 g/mol. The first-order valence-electron chi connectivity index (χ1n) is 4.62. The van der Waals surface area contributed by atoms with Crippen LogP contribution >= 0.6 is 33.1 Å². The summed E-state index contributed by atoms with van der Waals surface area (Å²) in [5.74, 6) is 0. The van der Waals surface area contributed by atoms with Gasteiger partial charge in [-0.15, -0.1) is 0 Å². The first-order chi connectivity index (χ1) is 7.27. The van der Waals surface area contributed by atoms with Crippen LogP contribution < -0.4 is 0 Å². The van der Waals surface area contributed by atoms with Crippen LogP contribution in [-0.2, 0) is 0 Å². The van der Waals surface area contributed by atoms with Gasteiger partial charge >= 0.3 is 0 Å². The molecule has 1 atom stereocenters. The second-order valence-corrected chi connectivity index (χ2v) is 4.24. The molecule has 82 valence electrons. The molecule has 2 aromatic carbocycles. The van der Waals surface area contributed by atoms with Crippen molar-refractivity contribution in [2.24, 2.45) is 0 Å². The summed E-state index contributed by atoms with van der Waals surface area (Å²) in [7, 11) is 0. The molecule has 0 aliphatic heterocycles. The van der Waals surface area contributed by atoms with Gasteiger partial charge in [-0.3, -0.25) is 0 Å². The summed E-state index contributed by atoms with van der Waals surface area (Å²) in [5, 5.41) is 3.45. The second-order valence-electron chi connectivity index (χ2n) is 3.45. The lowest BCUT2D eigenvalue weighted by Crippen LogP contribution is -1.72. The minimum absolute atomic E-state index is 0. The smallest absolute Gasteiger partial charge is 0.0833 e. The summed E-state index contributed by atoms with van der Waals surface area (Å²) in [5.41, 5.74) is 1.99. The van der Waals surface area contributed by atoms with E-state index < -0.39 is 0 Å². The normalized spacial score (nSPS) is 10.6. The Morgan fingerprint density at radius 3 is 2.44 bits per heavy atom. The molecule has 0 radical (unpaired) electrons. The molecule has 3 rings (SSSR count). The molecule has 0 saturated heterocycles. The molecule has 0 spiro atoms. The molecule has 0 saturated carbocycles. The van der Waals surface area contributed by atoms with E-state index in [1.807, 2.05) is 30.3 Å². The minimum Gasteiger partial charge on any atom is -0.353 e. The van der Waals surface area contributed by atoms with E-state index in [9.17, 15) is 0 Å². The van der Waals surface area contributed by atoms with Crippen LogP contribution in [-0.4, -0.2) is 4.98 Å². The van der Waals surface area contributed by atoms with E-state index in [1.54, 1.807) is 0 Å². The van der Waals surface area contributed by atoms with Crippen LogP contribution in [0.5, 0.6) is 0 Å². The summed E-state index contributed by atoms with van der Waals surface area (Å²) in [6.45, 7) is 0. The van der Waals surface area contributed by atoms with Gasteiger partial charge in [-0.1, -0.05) is 47.5 Å². The highest BCUT2D eigenvalue weighted by atomic mass is 35.5. The number of halogens is 2. The monoisotopic (exact) mass is 269 g/mol. The summed E-state index contributed by atoms with van der Waals surface area (Å²) < 4.78 is 0. The highest BCUT2D eigenvalue weighted by Gasteiger charge is 2.08. The maximum atomic E-state index is 6.13. The third-order valence-corrected chi connectivity index (χ3v) is 3.38. The number of para-hydroxylation sites is 1. The van der Waals surface area contributed by atoms with Crippen molar-refractivity contribution in [2.45, 2.75) is 0 Å². The summed E-state index contributed by atoms with van der Waals surface area (Å²) in [6, 6.07) is 11.9. The predicted molar refractivity (Wildman–Crippen MR) is 76.9 cm³/mol. The molecule has 0 aliphatic carbocycles. The molecule has 4 heteroatoms. The molecule has 1 heterocycles. The number of nitrogens with one attached hydrogen (secondary N) is 1. The van der Waals surface area contributed by atoms with Crippen molar-refractivity contribution in [1.82, 2.24) is 4.98 Å². The lowest BCUT2D eigenvalue weighted by molar-refractivity contribution is 1.55. The molecule has 0 fully saturated rings. The van der Waals surface area contributed by atoms with Crippen molar-refractivity contribution >= 4 is 54.9 Å². The van der Waals surface area contributed by atoms with E-state index in [4.69, 9.17) is 23.2 Å². The summed E-state index contributed by atoms with van der Waals surface area (Å²) >= 11 is 12.1. The van der Waals surface area contributed by atoms with Gasteiger partial charge in [0.2, 0.25) is 0 Å². The minimum atomic E-state index is 0. The van der Waals surface area contributed by atoms with Gasteiger partial charge in [0, 0.05) is 16.3 Å². The van der Waals surface area contributed by atoms with Crippen LogP contribution in [0.4, 0.5) is 0 Å². The van der Waals surface area contributed by atoms with E-state index in [0.717, 1.165) is 16.4 Å². The molecular formula is C12H10Cl2NP. The van der Waals surface area contributed by atoms with Gasteiger partial charge in [-0.2, -0.15) is 9.90 Å². The van der Waals surface area contributed by atoms with Crippen LogP contribution in [0.15, 0.2) is 36.4 Å². The summed E-state index contributed by atoms with van der Waals surface area (Å²) in [4.78, 5) is 3.27. The third kappa shape index (κ3) is 1.60. The predicted octanol–water partition coefficient (Wildman–Crippen LogP) is 4.69. The number of hydrogen-bond acceptors (Lipinski definition) is 0. The van der Waals surface area contributed by atoms with Crippen molar-refractivity contribution in [3.05, 3.63) is 46.4 Å². The van der Waals surface area contributed by atoms with Crippen molar-refractivity contribution in [3.63, 3.8) is 0 Å². The Bertz CT molecular complexity index is 660. The highest BCUT2D eigenvalue weighted by Crippen LogP contribution is 2.34. The highest BCUT2D eigenvalue weighted by molar-refractivity contribution is 6.92. The Labute approximate surface area is 106 Å². The zero-order valence-corrected chi connectivity index (χ0v) is 11.4. The Kier molecular flexibility index (Phi) is 3.12. The number of fused-ring (bicyclic) bond motifs is 3. The lowest BCUT2D eigenvalue weighted by atomic mass is 10.1. The van der Waals surface area contributed by atoms with Crippen LogP contribution in [0.3, 0.4) is 0 Å². The largest absolute Gasteiger partial charge is 0.353 e. The van der Waals surface area contributed by atoms with Crippen molar-refractivity contribution < 1.29 is 0 Å². The molecule has 3 aromatic rings. The molecule has 1 N–H and O–H groups in total. The summed E-state index contributed by atoms with van der Waals surface area (Å²) in [6.07, 6.45) is 0. The van der Waals surface area contributed by atoms with Gasteiger partial charge in [0.05, 0.1) is 15.6 Å². The van der Waals surface area contributed by atoms with Crippen molar-refractivity contribution in [2.75, 3.05) is 0 Å². The van der Waals surface area contributed by atoms with E-state index in [0.29, 0.717) is 10.0 Å².